The number of benzene rings is 2. The van der Waals surface area contributed by atoms with Crippen LogP contribution in [0.2, 0.25) is 0 Å². The molecular formula is C14H12BrClFNO2S. The molecule has 0 radical (unpaired) electrons. The molecule has 1 N–H and O–H groups in total. The number of sulfonamides is 1. The summed E-state index contributed by atoms with van der Waals surface area (Å²) in [5.74, 6) is -0.173. The first-order valence-electron chi connectivity index (χ1n) is 6.05. The van der Waals surface area contributed by atoms with Crippen molar-refractivity contribution in [3.05, 3.63) is 58.3 Å². The van der Waals surface area contributed by atoms with Crippen LogP contribution in [0.3, 0.4) is 0 Å². The van der Waals surface area contributed by atoms with Gasteiger partial charge in [0.2, 0.25) is 0 Å². The fourth-order valence-electron chi connectivity index (χ4n) is 1.72. The van der Waals surface area contributed by atoms with Crippen LogP contribution >= 0.6 is 27.5 Å². The first-order chi connectivity index (χ1) is 9.92. The van der Waals surface area contributed by atoms with Crippen molar-refractivity contribution in [2.24, 2.45) is 0 Å². The van der Waals surface area contributed by atoms with Crippen LogP contribution in [-0.2, 0) is 16.4 Å². The maximum Gasteiger partial charge on any atom is 0.261 e. The highest BCUT2D eigenvalue weighted by atomic mass is 79.9. The van der Waals surface area contributed by atoms with Gasteiger partial charge in [-0.05, 0) is 42.3 Å². The zero-order valence-corrected chi connectivity index (χ0v) is 14.0. The van der Waals surface area contributed by atoms with Gasteiger partial charge in [-0.3, -0.25) is 4.72 Å². The van der Waals surface area contributed by atoms with Crippen molar-refractivity contribution in [1.82, 2.24) is 0 Å². The highest BCUT2D eigenvalue weighted by Gasteiger charge is 2.16. The van der Waals surface area contributed by atoms with Crippen LogP contribution in [0.5, 0.6) is 0 Å². The average molecular weight is 393 g/mol. The Kier molecular flexibility index (Phi) is 5.24. The summed E-state index contributed by atoms with van der Waals surface area (Å²) in [6.45, 7) is 0. The molecule has 21 heavy (non-hydrogen) atoms. The Labute approximate surface area is 136 Å². The van der Waals surface area contributed by atoms with Gasteiger partial charge in [-0.1, -0.05) is 28.1 Å². The normalized spacial score (nSPS) is 11.4. The summed E-state index contributed by atoms with van der Waals surface area (Å²) in [7, 11) is -3.83. The second-order valence-electron chi connectivity index (χ2n) is 4.31. The minimum absolute atomic E-state index is 0.0696. The van der Waals surface area contributed by atoms with Gasteiger partial charge in [0.05, 0.1) is 10.6 Å². The largest absolute Gasteiger partial charge is 0.277 e. The summed E-state index contributed by atoms with van der Waals surface area (Å²) < 4.78 is 40.9. The lowest BCUT2D eigenvalue weighted by Gasteiger charge is -2.10. The van der Waals surface area contributed by atoms with Crippen LogP contribution in [0.15, 0.2) is 51.8 Å². The molecule has 112 valence electrons. The molecule has 0 aliphatic heterocycles. The fraction of sp³-hybridized carbons (Fsp3) is 0.143. The Bertz CT molecular complexity index is 735. The summed E-state index contributed by atoms with van der Waals surface area (Å²) in [6.07, 6.45) is 0.662. The van der Waals surface area contributed by atoms with Crippen LogP contribution in [0.1, 0.15) is 5.56 Å². The van der Waals surface area contributed by atoms with Crippen LogP contribution in [0.4, 0.5) is 10.1 Å². The van der Waals surface area contributed by atoms with Crippen LogP contribution in [0.25, 0.3) is 0 Å². The monoisotopic (exact) mass is 391 g/mol. The number of alkyl halides is 1. The lowest BCUT2D eigenvalue weighted by atomic mass is 10.2. The molecule has 0 heterocycles. The Morgan fingerprint density at radius 2 is 1.81 bits per heavy atom. The zero-order valence-electron chi connectivity index (χ0n) is 10.8. The maximum absolute atomic E-state index is 13.6. The van der Waals surface area contributed by atoms with E-state index in [-0.39, 0.29) is 10.6 Å². The molecule has 7 heteroatoms. The van der Waals surface area contributed by atoms with E-state index in [4.69, 9.17) is 11.6 Å². The summed E-state index contributed by atoms with van der Waals surface area (Å²) in [6, 6.07) is 10.4. The molecule has 0 atom stereocenters. The third kappa shape index (κ3) is 4.18. The van der Waals surface area contributed by atoms with Gasteiger partial charge in [0, 0.05) is 10.4 Å². The topological polar surface area (TPSA) is 46.2 Å². The lowest BCUT2D eigenvalue weighted by Crippen LogP contribution is -2.14. The van der Waals surface area contributed by atoms with E-state index in [0.717, 1.165) is 5.56 Å². The smallest absolute Gasteiger partial charge is 0.261 e. The van der Waals surface area contributed by atoms with Gasteiger partial charge in [-0.15, -0.1) is 11.6 Å². The number of anilines is 1. The average Bonchev–Trinajstić information content (AvgIpc) is 2.44. The second kappa shape index (κ2) is 6.77. The standard InChI is InChI=1S/C14H12BrClFNO2S/c15-11-3-6-13(17)14(9-11)18-21(19,20)12-4-1-10(2-5-12)7-8-16/h1-6,9,18H,7-8H2. The SMILES string of the molecule is O=S(=O)(Nc1cc(Br)ccc1F)c1ccc(CCCl)cc1. The summed E-state index contributed by atoms with van der Waals surface area (Å²) in [5, 5.41) is 0. The van der Waals surface area contributed by atoms with Gasteiger partial charge in [0.1, 0.15) is 5.82 Å². The number of hydrogen-bond acceptors (Lipinski definition) is 2. The van der Waals surface area contributed by atoms with Crippen molar-refractivity contribution in [3.63, 3.8) is 0 Å². The molecule has 2 aromatic carbocycles. The molecule has 0 aliphatic carbocycles. The molecule has 0 unspecified atom stereocenters. The quantitative estimate of drug-likeness (QED) is 0.776. The van der Waals surface area contributed by atoms with Gasteiger partial charge >= 0.3 is 0 Å². The highest BCUT2D eigenvalue weighted by molar-refractivity contribution is 9.10. The molecular weight excluding hydrogens is 381 g/mol. The van der Waals surface area contributed by atoms with E-state index in [2.05, 4.69) is 20.7 Å². The molecule has 0 aliphatic rings. The Morgan fingerprint density at radius 1 is 1.14 bits per heavy atom. The molecule has 0 saturated heterocycles. The molecule has 0 amide bonds. The number of nitrogens with one attached hydrogen (secondary N) is 1. The number of rotatable bonds is 5. The molecule has 3 nitrogen and oxygen atoms in total. The fourth-order valence-corrected chi connectivity index (χ4v) is 3.36. The van der Waals surface area contributed by atoms with E-state index in [1.54, 1.807) is 12.1 Å². The van der Waals surface area contributed by atoms with Crippen molar-refractivity contribution in [1.29, 1.82) is 0 Å². The van der Waals surface area contributed by atoms with Gasteiger partial charge in [0.15, 0.2) is 0 Å². The van der Waals surface area contributed by atoms with Crippen molar-refractivity contribution < 1.29 is 12.8 Å². The van der Waals surface area contributed by atoms with Gasteiger partial charge < -0.3 is 0 Å². The van der Waals surface area contributed by atoms with E-state index in [9.17, 15) is 12.8 Å². The van der Waals surface area contributed by atoms with Gasteiger partial charge in [0.25, 0.3) is 10.0 Å². The summed E-state index contributed by atoms with van der Waals surface area (Å²) in [4.78, 5) is 0.0696. The molecule has 2 aromatic rings. The summed E-state index contributed by atoms with van der Waals surface area (Å²) in [5.41, 5.74) is 0.840. The van der Waals surface area contributed by atoms with Gasteiger partial charge in [-0.2, -0.15) is 0 Å². The third-order valence-electron chi connectivity index (χ3n) is 2.79. The maximum atomic E-state index is 13.6. The first kappa shape index (κ1) is 16.3. The Balaban J connectivity index is 2.27. The second-order valence-corrected chi connectivity index (χ2v) is 7.29. The minimum atomic E-state index is -3.83. The van der Waals surface area contributed by atoms with E-state index in [0.29, 0.717) is 16.8 Å². The van der Waals surface area contributed by atoms with E-state index < -0.39 is 15.8 Å². The molecule has 0 fully saturated rings. The number of hydrogen-bond donors (Lipinski definition) is 1. The molecule has 0 spiro atoms. The predicted molar refractivity (Wildman–Crippen MR) is 85.8 cm³/mol. The number of halogens is 3. The minimum Gasteiger partial charge on any atom is -0.277 e. The first-order valence-corrected chi connectivity index (χ1v) is 8.86. The van der Waals surface area contributed by atoms with Crippen molar-refractivity contribution >= 4 is 43.2 Å². The number of aryl methyl sites for hydroxylation is 1. The molecule has 2 rings (SSSR count). The van der Waals surface area contributed by atoms with Crippen molar-refractivity contribution in [3.8, 4) is 0 Å². The van der Waals surface area contributed by atoms with Crippen molar-refractivity contribution in [2.45, 2.75) is 11.3 Å². The Hall–Kier alpha value is -1.11. The molecule has 0 aromatic heterocycles. The Morgan fingerprint density at radius 3 is 2.43 bits per heavy atom. The van der Waals surface area contributed by atoms with E-state index in [1.165, 1.54) is 30.3 Å². The predicted octanol–water partition coefficient (Wildman–Crippen LogP) is 4.17. The lowest BCUT2D eigenvalue weighted by molar-refractivity contribution is 0.598. The van der Waals surface area contributed by atoms with E-state index >= 15 is 0 Å². The van der Waals surface area contributed by atoms with Crippen molar-refractivity contribution in [2.75, 3.05) is 10.6 Å². The molecule has 0 saturated carbocycles. The van der Waals surface area contributed by atoms with E-state index in [1.807, 2.05) is 0 Å². The van der Waals surface area contributed by atoms with Crippen LogP contribution in [-0.4, -0.2) is 14.3 Å². The third-order valence-corrected chi connectivity index (χ3v) is 4.85. The highest BCUT2D eigenvalue weighted by Crippen LogP contribution is 2.23. The summed E-state index contributed by atoms with van der Waals surface area (Å²) >= 11 is 8.80. The molecule has 0 bridgehead atoms. The van der Waals surface area contributed by atoms with Gasteiger partial charge in [-0.25, -0.2) is 12.8 Å². The van der Waals surface area contributed by atoms with Crippen LogP contribution in [0, 0.1) is 5.82 Å². The zero-order chi connectivity index (χ0) is 15.5. The van der Waals surface area contributed by atoms with Crippen LogP contribution < -0.4 is 4.72 Å².